The van der Waals surface area contributed by atoms with Gasteiger partial charge >= 0.3 is 0 Å². The van der Waals surface area contributed by atoms with Crippen LogP contribution in [0, 0.1) is 13.8 Å². The van der Waals surface area contributed by atoms with Crippen molar-refractivity contribution in [1.29, 1.82) is 0 Å². The second-order valence-electron chi connectivity index (χ2n) is 4.17. The van der Waals surface area contributed by atoms with Gasteiger partial charge in [-0.2, -0.15) is 9.97 Å². The molecule has 0 aliphatic heterocycles. The van der Waals surface area contributed by atoms with Crippen molar-refractivity contribution >= 4 is 11.7 Å². The van der Waals surface area contributed by atoms with Gasteiger partial charge in [0.25, 0.3) is 5.91 Å². The van der Waals surface area contributed by atoms with Gasteiger partial charge in [-0.05, 0) is 13.8 Å². The first kappa shape index (κ1) is 14.6. The fourth-order valence-electron chi connectivity index (χ4n) is 1.67. The van der Waals surface area contributed by atoms with E-state index in [4.69, 9.17) is 9.47 Å². The number of carbonyl (C=O) groups excluding carboxylic acids is 1. The Morgan fingerprint density at radius 3 is 2.14 bits per heavy atom. The maximum absolute atomic E-state index is 12.2. The summed E-state index contributed by atoms with van der Waals surface area (Å²) in [5, 5.41) is 2.62. The molecule has 2 aromatic heterocycles. The van der Waals surface area contributed by atoms with Gasteiger partial charge in [0.05, 0.1) is 20.3 Å². The Morgan fingerprint density at radius 2 is 1.62 bits per heavy atom. The number of nitrogens with zero attached hydrogens (tertiary/aromatic N) is 4. The quantitative estimate of drug-likeness (QED) is 0.901. The molecule has 2 rings (SSSR count). The highest BCUT2D eigenvalue weighted by molar-refractivity contribution is 6.01. The lowest BCUT2D eigenvalue weighted by atomic mass is 10.4. The van der Waals surface area contributed by atoms with Crippen LogP contribution < -0.4 is 14.8 Å². The highest BCUT2D eigenvalue weighted by Gasteiger charge is 2.14. The molecule has 110 valence electrons. The number of amides is 1. The Morgan fingerprint density at radius 1 is 1.00 bits per heavy atom. The van der Waals surface area contributed by atoms with E-state index in [0.29, 0.717) is 11.6 Å². The van der Waals surface area contributed by atoms with Crippen molar-refractivity contribution in [2.45, 2.75) is 13.8 Å². The van der Waals surface area contributed by atoms with Crippen LogP contribution in [0.15, 0.2) is 12.1 Å². The minimum Gasteiger partial charge on any atom is -0.481 e. The predicted octanol–water partition coefficient (Wildman–Crippen LogP) is 1.15. The van der Waals surface area contributed by atoms with Crippen LogP contribution >= 0.6 is 0 Å². The summed E-state index contributed by atoms with van der Waals surface area (Å²) in [5.41, 5.74) is 0.752. The van der Waals surface area contributed by atoms with Crippen LogP contribution in [0.1, 0.15) is 22.1 Å². The lowest BCUT2D eigenvalue weighted by molar-refractivity contribution is 0.101. The van der Waals surface area contributed by atoms with Gasteiger partial charge in [0.2, 0.25) is 17.6 Å². The van der Waals surface area contributed by atoms with Gasteiger partial charge in [0, 0.05) is 11.8 Å². The Bertz CT molecular complexity index is 632. The molecule has 8 heteroatoms. The van der Waals surface area contributed by atoms with Crippen LogP contribution in [0.4, 0.5) is 5.82 Å². The van der Waals surface area contributed by atoms with Gasteiger partial charge in [-0.25, -0.2) is 9.97 Å². The number of rotatable bonds is 4. The molecule has 0 aliphatic rings. The van der Waals surface area contributed by atoms with Gasteiger partial charge in [-0.3, -0.25) is 4.79 Å². The minimum absolute atomic E-state index is 0.0693. The number of hydrogen-bond donors (Lipinski definition) is 1. The van der Waals surface area contributed by atoms with Gasteiger partial charge < -0.3 is 14.8 Å². The number of aryl methyl sites for hydroxylation is 2. The third-order valence-corrected chi connectivity index (χ3v) is 2.51. The number of ether oxygens (including phenoxy) is 2. The monoisotopic (exact) mass is 289 g/mol. The number of hydrogen-bond acceptors (Lipinski definition) is 7. The normalized spacial score (nSPS) is 10.1. The van der Waals surface area contributed by atoms with E-state index in [9.17, 15) is 4.79 Å². The molecular formula is C13H15N5O3. The summed E-state index contributed by atoms with van der Waals surface area (Å²) in [5.74, 6) is 0.846. The summed E-state index contributed by atoms with van der Waals surface area (Å²) in [6.45, 7) is 3.56. The van der Waals surface area contributed by atoms with Gasteiger partial charge in [-0.15, -0.1) is 0 Å². The van der Waals surface area contributed by atoms with Crippen LogP contribution in [0.3, 0.4) is 0 Å². The number of nitrogens with one attached hydrogen (secondary N) is 1. The molecule has 8 nitrogen and oxygen atoms in total. The van der Waals surface area contributed by atoms with Crippen LogP contribution in [-0.4, -0.2) is 40.1 Å². The zero-order valence-electron chi connectivity index (χ0n) is 12.2. The SMILES string of the molecule is COc1cc(OC)nc(C(=O)Nc2cc(C)nc(C)n2)n1. The number of methoxy groups -OCH3 is 2. The van der Waals surface area contributed by atoms with Crippen molar-refractivity contribution in [3.05, 3.63) is 29.5 Å². The Kier molecular flexibility index (Phi) is 4.27. The molecule has 0 spiro atoms. The fraction of sp³-hybridized carbons (Fsp3) is 0.308. The summed E-state index contributed by atoms with van der Waals surface area (Å²) >= 11 is 0. The molecule has 21 heavy (non-hydrogen) atoms. The van der Waals surface area contributed by atoms with Gasteiger partial charge in [0.1, 0.15) is 11.6 Å². The lowest BCUT2D eigenvalue weighted by Gasteiger charge is -2.07. The van der Waals surface area contributed by atoms with E-state index in [1.165, 1.54) is 20.3 Å². The number of carbonyl (C=O) groups is 1. The average Bonchev–Trinajstić information content (AvgIpc) is 2.45. The summed E-state index contributed by atoms with van der Waals surface area (Å²) < 4.78 is 10.00. The molecule has 2 aromatic rings. The molecule has 0 atom stereocenters. The Hall–Kier alpha value is -2.77. The fourth-order valence-corrected chi connectivity index (χ4v) is 1.67. The van der Waals surface area contributed by atoms with E-state index in [0.717, 1.165) is 5.69 Å². The molecule has 0 unspecified atom stereocenters. The molecular weight excluding hydrogens is 274 g/mol. The maximum Gasteiger partial charge on any atom is 0.294 e. The minimum atomic E-state index is -0.510. The molecule has 0 bridgehead atoms. The summed E-state index contributed by atoms with van der Waals surface area (Å²) in [6, 6.07) is 3.14. The molecule has 0 radical (unpaired) electrons. The highest BCUT2D eigenvalue weighted by Crippen LogP contribution is 2.15. The third-order valence-electron chi connectivity index (χ3n) is 2.51. The zero-order chi connectivity index (χ0) is 15.4. The van der Waals surface area contributed by atoms with Crippen LogP contribution in [0.2, 0.25) is 0 Å². The lowest BCUT2D eigenvalue weighted by Crippen LogP contribution is -2.17. The molecule has 2 heterocycles. The van der Waals surface area contributed by atoms with Crippen molar-refractivity contribution < 1.29 is 14.3 Å². The third kappa shape index (κ3) is 3.62. The predicted molar refractivity (Wildman–Crippen MR) is 74.6 cm³/mol. The number of aromatic nitrogens is 4. The molecule has 0 saturated heterocycles. The van der Waals surface area contributed by atoms with E-state index in [1.807, 2.05) is 6.92 Å². The topological polar surface area (TPSA) is 99.1 Å². The van der Waals surface area contributed by atoms with Crippen LogP contribution in [0.5, 0.6) is 11.8 Å². The molecule has 0 aliphatic carbocycles. The highest BCUT2D eigenvalue weighted by atomic mass is 16.5. The maximum atomic E-state index is 12.2. The van der Waals surface area contributed by atoms with Crippen molar-refractivity contribution in [3.8, 4) is 11.8 Å². The van der Waals surface area contributed by atoms with Gasteiger partial charge in [-0.1, -0.05) is 0 Å². The Balaban J connectivity index is 2.27. The first-order valence-corrected chi connectivity index (χ1v) is 6.12. The van der Waals surface area contributed by atoms with Crippen molar-refractivity contribution in [3.63, 3.8) is 0 Å². The van der Waals surface area contributed by atoms with Gasteiger partial charge in [0.15, 0.2) is 0 Å². The average molecular weight is 289 g/mol. The zero-order valence-corrected chi connectivity index (χ0v) is 12.2. The largest absolute Gasteiger partial charge is 0.481 e. The molecule has 1 amide bonds. The molecule has 0 aromatic carbocycles. The summed E-state index contributed by atoms with van der Waals surface area (Å²) in [6.07, 6.45) is 0. The molecule has 0 fully saturated rings. The first-order chi connectivity index (χ1) is 10.0. The molecule has 0 saturated carbocycles. The van der Waals surface area contributed by atoms with Crippen molar-refractivity contribution in [2.24, 2.45) is 0 Å². The number of anilines is 1. The summed E-state index contributed by atoms with van der Waals surface area (Å²) in [7, 11) is 2.89. The van der Waals surface area contributed by atoms with Crippen molar-refractivity contribution in [2.75, 3.05) is 19.5 Å². The Labute approximate surface area is 121 Å². The first-order valence-electron chi connectivity index (χ1n) is 6.12. The molecule has 1 N–H and O–H groups in total. The van der Waals surface area contributed by atoms with E-state index in [-0.39, 0.29) is 17.6 Å². The van der Waals surface area contributed by atoms with Crippen molar-refractivity contribution in [1.82, 2.24) is 19.9 Å². The second kappa shape index (κ2) is 6.12. The van der Waals surface area contributed by atoms with E-state index in [1.54, 1.807) is 13.0 Å². The van der Waals surface area contributed by atoms with E-state index < -0.39 is 5.91 Å². The van der Waals surface area contributed by atoms with E-state index >= 15 is 0 Å². The van der Waals surface area contributed by atoms with Crippen LogP contribution in [-0.2, 0) is 0 Å². The standard InChI is InChI=1S/C13H15N5O3/c1-7-5-9(15-8(2)14-7)16-13(19)12-17-10(20-3)6-11(18-12)21-4/h5-6H,1-4H3,(H,14,15,16,19). The smallest absolute Gasteiger partial charge is 0.294 e. The second-order valence-corrected chi connectivity index (χ2v) is 4.17. The van der Waals surface area contributed by atoms with Crippen LogP contribution in [0.25, 0.3) is 0 Å². The van der Waals surface area contributed by atoms with E-state index in [2.05, 4.69) is 25.3 Å². The summed E-state index contributed by atoms with van der Waals surface area (Å²) in [4.78, 5) is 28.4.